The molecule has 0 atom stereocenters. The highest BCUT2D eigenvalue weighted by Gasteiger charge is 2.29. The second kappa shape index (κ2) is 11.3. The molecule has 11 heteroatoms. The minimum absolute atomic E-state index is 0.0282. The molecule has 2 aromatic carbocycles. The summed E-state index contributed by atoms with van der Waals surface area (Å²) in [7, 11) is 0. The van der Waals surface area contributed by atoms with Crippen molar-refractivity contribution in [1.82, 2.24) is 19.9 Å². The smallest absolute Gasteiger partial charge is 0.384 e. The lowest BCUT2D eigenvalue weighted by molar-refractivity contribution is -0.138. The van der Waals surface area contributed by atoms with Crippen LogP contribution in [0.3, 0.4) is 0 Å². The topological polar surface area (TPSA) is 80.0 Å². The zero-order chi connectivity index (χ0) is 27.6. The van der Waals surface area contributed by atoms with Crippen LogP contribution >= 0.6 is 11.6 Å². The van der Waals surface area contributed by atoms with Crippen molar-refractivity contribution in [3.63, 3.8) is 0 Å². The molecule has 0 unspecified atom stereocenters. The molecular formula is C28H30ClF3N6O. The average Bonchev–Trinajstić information content (AvgIpc) is 3.32. The summed E-state index contributed by atoms with van der Waals surface area (Å²) >= 11 is 6.09. The highest BCUT2D eigenvalue weighted by Crippen LogP contribution is 2.30. The van der Waals surface area contributed by atoms with Gasteiger partial charge in [-0.15, -0.1) is 0 Å². The fraction of sp³-hybridized carbons (Fsp3) is 0.357. The number of imidazole rings is 1. The minimum atomic E-state index is -4.14. The Kier molecular flexibility index (Phi) is 7.86. The van der Waals surface area contributed by atoms with Gasteiger partial charge in [0.2, 0.25) is 0 Å². The molecule has 0 aliphatic carbocycles. The van der Waals surface area contributed by atoms with Gasteiger partial charge in [0.1, 0.15) is 11.4 Å². The van der Waals surface area contributed by atoms with Crippen LogP contribution < -0.4 is 15.8 Å². The number of H-pyrrole nitrogens is 2. The third kappa shape index (κ3) is 6.57. The normalized spacial score (nSPS) is 14.7. The monoisotopic (exact) mass is 558 g/mol. The molecule has 0 bridgehead atoms. The van der Waals surface area contributed by atoms with Crippen molar-refractivity contribution >= 4 is 34.0 Å². The van der Waals surface area contributed by atoms with Crippen molar-refractivity contribution in [2.75, 3.05) is 49.5 Å². The zero-order valence-electron chi connectivity index (χ0n) is 21.5. The zero-order valence-corrected chi connectivity index (χ0v) is 22.3. The third-order valence-electron chi connectivity index (χ3n) is 7.03. The second-order valence-electron chi connectivity index (χ2n) is 9.84. The van der Waals surface area contributed by atoms with Crippen LogP contribution in [0.5, 0.6) is 0 Å². The molecule has 206 valence electrons. The molecule has 1 saturated heterocycles. The van der Waals surface area contributed by atoms with E-state index in [0.29, 0.717) is 54.8 Å². The number of aromatic nitrogens is 3. The number of halogens is 4. The van der Waals surface area contributed by atoms with Crippen molar-refractivity contribution in [1.29, 1.82) is 0 Å². The van der Waals surface area contributed by atoms with Crippen LogP contribution in [-0.4, -0.2) is 65.3 Å². The third-order valence-corrected chi connectivity index (χ3v) is 7.26. The maximum Gasteiger partial charge on any atom is 0.390 e. The van der Waals surface area contributed by atoms with Gasteiger partial charge in [-0.2, -0.15) is 13.2 Å². The molecular weight excluding hydrogens is 529 g/mol. The maximum atomic E-state index is 12.9. The van der Waals surface area contributed by atoms with Crippen molar-refractivity contribution < 1.29 is 13.2 Å². The van der Waals surface area contributed by atoms with Crippen LogP contribution in [0.2, 0.25) is 5.02 Å². The van der Waals surface area contributed by atoms with Crippen LogP contribution in [0.1, 0.15) is 17.5 Å². The summed E-state index contributed by atoms with van der Waals surface area (Å²) in [5.74, 6) is 0.467. The van der Waals surface area contributed by atoms with Crippen molar-refractivity contribution in [3.05, 3.63) is 75.2 Å². The number of fused-ring (bicyclic) bond motifs is 1. The molecule has 1 fully saturated rings. The molecule has 0 saturated carbocycles. The van der Waals surface area contributed by atoms with Gasteiger partial charge in [-0.05, 0) is 54.8 Å². The lowest BCUT2D eigenvalue weighted by Crippen LogP contribution is -2.47. The van der Waals surface area contributed by atoms with E-state index in [1.807, 2.05) is 54.3 Å². The van der Waals surface area contributed by atoms with Crippen molar-refractivity contribution in [3.8, 4) is 11.4 Å². The van der Waals surface area contributed by atoms with Gasteiger partial charge in [-0.25, -0.2) is 4.98 Å². The fourth-order valence-electron chi connectivity index (χ4n) is 4.98. The van der Waals surface area contributed by atoms with Gasteiger partial charge in [0, 0.05) is 56.2 Å². The maximum absolute atomic E-state index is 12.9. The van der Waals surface area contributed by atoms with E-state index >= 15 is 0 Å². The Morgan fingerprint density at radius 3 is 2.64 bits per heavy atom. The fourth-order valence-corrected chi connectivity index (χ4v) is 5.19. The lowest BCUT2D eigenvalue weighted by atomic mass is 10.1. The number of benzene rings is 2. The summed E-state index contributed by atoms with van der Waals surface area (Å²) in [6, 6.07) is 13.5. The minimum Gasteiger partial charge on any atom is -0.384 e. The molecule has 0 radical (unpaired) electrons. The summed E-state index contributed by atoms with van der Waals surface area (Å²) in [5.41, 5.74) is 5.44. The predicted molar refractivity (Wildman–Crippen MR) is 150 cm³/mol. The Hall–Kier alpha value is -3.50. The van der Waals surface area contributed by atoms with E-state index in [1.54, 1.807) is 6.20 Å². The van der Waals surface area contributed by atoms with E-state index in [4.69, 9.17) is 16.6 Å². The molecule has 4 aromatic rings. The van der Waals surface area contributed by atoms with E-state index in [1.165, 1.54) is 0 Å². The summed E-state index contributed by atoms with van der Waals surface area (Å²) in [6.45, 7) is 5.03. The summed E-state index contributed by atoms with van der Waals surface area (Å²) in [6.07, 6.45) is -2.58. The molecule has 3 N–H and O–H groups in total. The van der Waals surface area contributed by atoms with Crippen molar-refractivity contribution in [2.45, 2.75) is 25.9 Å². The first-order valence-electron chi connectivity index (χ1n) is 12.9. The van der Waals surface area contributed by atoms with Crippen LogP contribution in [-0.2, 0) is 6.42 Å². The van der Waals surface area contributed by atoms with Gasteiger partial charge in [0.05, 0.1) is 23.1 Å². The number of rotatable bonds is 8. The number of anilines is 2. The molecule has 3 heterocycles. The first-order chi connectivity index (χ1) is 18.7. The molecule has 2 aromatic heterocycles. The molecule has 5 rings (SSSR count). The summed E-state index contributed by atoms with van der Waals surface area (Å²) in [4.78, 5) is 27.7. The largest absolute Gasteiger partial charge is 0.390 e. The quantitative estimate of drug-likeness (QED) is 0.262. The Labute approximate surface area is 229 Å². The Morgan fingerprint density at radius 1 is 1.10 bits per heavy atom. The van der Waals surface area contributed by atoms with Crippen molar-refractivity contribution in [2.24, 2.45) is 0 Å². The van der Waals surface area contributed by atoms with E-state index in [-0.39, 0.29) is 12.1 Å². The van der Waals surface area contributed by atoms with E-state index in [0.717, 1.165) is 34.3 Å². The van der Waals surface area contributed by atoms with E-state index in [9.17, 15) is 18.0 Å². The molecule has 1 aliphatic heterocycles. The number of aryl methyl sites for hydroxylation is 1. The molecule has 39 heavy (non-hydrogen) atoms. The summed E-state index contributed by atoms with van der Waals surface area (Å²) < 4.78 is 37.8. The summed E-state index contributed by atoms with van der Waals surface area (Å²) in [5, 5.41) is 4.04. The Balaban J connectivity index is 1.33. The molecule has 0 amide bonds. The first-order valence-corrected chi connectivity index (χ1v) is 13.3. The number of hydrogen-bond acceptors (Lipinski definition) is 5. The first kappa shape index (κ1) is 27.1. The predicted octanol–water partition coefficient (Wildman–Crippen LogP) is 5.61. The van der Waals surface area contributed by atoms with Gasteiger partial charge in [0.15, 0.2) is 0 Å². The Bertz CT molecular complexity index is 1510. The molecule has 1 aliphatic rings. The van der Waals surface area contributed by atoms with E-state index < -0.39 is 12.6 Å². The molecule has 7 nitrogen and oxygen atoms in total. The number of alkyl halides is 3. The number of nitrogens with zero attached hydrogens (tertiary/aromatic N) is 3. The number of nitrogens with one attached hydrogen (secondary N) is 3. The number of piperazine rings is 1. The van der Waals surface area contributed by atoms with E-state index in [2.05, 4.69) is 20.2 Å². The second-order valence-corrected chi connectivity index (χ2v) is 10.3. The highest BCUT2D eigenvalue weighted by molar-refractivity contribution is 6.30. The van der Waals surface area contributed by atoms with Gasteiger partial charge < -0.3 is 20.2 Å². The number of hydrogen-bond donors (Lipinski definition) is 3. The van der Waals surface area contributed by atoms with Crippen LogP contribution in [0, 0.1) is 6.92 Å². The molecule has 0 spiro atoms. The lowest BCUT2D eigenvalue weighted by Gasteiger charge is -2.36. The van der Waals surface area contributed by atoms with Crippen LogP contribution in [0.25, 0.3) is 22.4 Å². The van der Waals surface area contributed by atoms with Gasteiger partial charge in [0.25, 0.3) is 5.56 Å². The van der Waals surface area contributed by atoms with Crippen LogP contribution in [0.15, 0.2) is 53.5 Å². The standard InChI is InChI=1S/C28H30ClF3N6O/c1-18-15-21(38-13-11-37(12-14-38)10-7-28(30,31)32)17-23-25(18)36-26(35-23)24-22(6-9-34-27(24)39)33-8-5-19-3-2-4-20(29)16-19/h2-4,6,9,15-17H,5,7-8,10-14H2,1H3,(H,35,36)(H2,33,34,39). The van der Waals surface area contributed by atoms with Crippen LogP contribution in [0.4, 0.5) is 24.5 Å². The van der Waals surface area contributed by atoms with Gasteiger partial charge >= 0.3 is 6.18 Å². The average molecular weight is 559 g/mol. The Morgan fingerprint density at radius 2 is 1.90 bits per heavy atom. The number of aromatic amines is 2. The van der Waals surface area contributed by atoms with Gasteiger partial charge in [-0.1, -0.05) is 23.7 Å². The highest BCUT2D eigenvalue weighted by atomic mass is 35.5. The SMILES string of the molecule is Cc1cc(N2CCN(CCC(F)(F)F)CC2)cc2[nH]c(-c3c(NCCc4cccc(Cl)c4)cc[nH]c3=O)nc12. The number of pyridine rings is 1. The van der Waals surface area contributed by atoms with Gasteiger partial charge in [-0.3, -0.25) is 9.69 Å².